The van der Waals surface area contributed by atoms with Gasteiger partial charge >= 0.3 is 0 Å². The van der Waals surface area contributed by atoms with Crippen LogP contribution in [-0.2, 0) is 11.2 Å². The van der Waals surface area contributed by atoms with Crippen molar-refractivity contribution in [1.29, 1.82) is 0 Å². The standard InChI is InChI=1S/C15H28N4O/c1-5-14(16)8-13-9-17-15(18-10-13)19(6-7-20-4)11-12(2)3/h9-10,12,14H,5-8,11,16H2,1-4H3. The van der Waals surface area contributed by atoms with E-state index in [4.69, 9.17) is 10.5 Å². The maximum Gasteiger partial charge on any atom is 0.225 e. The molecule has 0 aliphatic heterocycles. The van der Waals surface area contributed by atoms with Crippen molar-refractivity contribution in [1.82, 2.24) is 9.97 Å². The van der Waals surface area contributed by atoms with Crippen LogP contribution in [0, 0.1) is 5.92 Å². The molecule has 0 spiro atoms. The number of hydrogen-bond acceptors (Lipinski definition) is 5. The second-order valence-corrected chi connectivity index (χ2v) is 5.60. The minimum atomic E-state index is 0.185. The number of hydrogen-bond donors (Lipinski definition) is 1. The maximum atomic E-state index is 5.95. The normalized spacial score (nSPS) is 12.7. The first-order valence-electron chi connectivity index (χ1n) is 7.37. The first kappa shape index (κ1) is 16.9. The first-order chi connectivity index (χ1) is 9.56. The number of anilines is 1. The Kier molecular flexibility index (Phi) is 7.47. The molecule has 1 aromatic heterocycles. The fourth-order valence-electron chi connectivity index (χ4n) is 1.98. The maximum absolute atomic E-state index is 5.95. The van der Waals surface area contributed by atoms with Gasteiger partial charge < -0.3 is 15.4 Å². The summed E-state index contributed by atoms with van der Waals surface area (Å²) < 4.78 is 5.15. The molecule has 0 amide bonds. The van der Waals surface area contributed by atoms with Gasteiger partial charge in [-0.25, -0.2) is 9.97 Å². The van der Waals surface area contributed by atoms with Crippen LogP contribution in [-0.4, -0.2) is 42.8 Å². The molecule has 2 N–H and O–H groups in total. The van der Waals surface area contributed by atoms with Gasteiger partial charge in [-0.3, -0.25) is 0 Å². The van der Waals surface area contributed by atoms with Gasteiger partial charge in [0, 0.05) is 38.6 Å². The topological polar surface area (TPSA) is 64.3 Å². The molecular formula is C15H28N4O. The molecule has 0 saturated carbocycles. The van der Waals surface area contributed by atoms with Crippen LogP contribution in [0.15, 0.2) is 12.4 Å². The van der Waals surface area contributed by atoms with Crippen molar-refractivity contribution >= 4 is 5.95 Å². The van der Waals surface area contributed by atoms with Crippen LogP contribution in [0.3, 0.4) is 0 Å². The predicted molar refractivity (Wildman–Crippen MR) is 82.9 cm³/mol. The van der Waals surface area contributed by atoms with Crippen LogP contribution in [0.2, 0.25) is 0 Å². The highest BCUT2D eigenvalue weighted by Crippen LogP contribution is 2.11. The summed E-state index contributed by atoms with van der Waals surface area (Å²) in [4.78, 5) is 11.1. The van der Waals surface area contributed by atoms with Crippen LogP contribution in [0.4, 0.5) is 5.95 Å². The number of nitrogens with zero attached hydrogens (tertiary/aromatic N) is 3. The Hall–Kier alpha value is -1.20. The molecule has 1 heterocycles. The summed E-state index contributed by atoms with van der Waals surface area (Å²) in [7, 11) is 1.71. The molecule has 0 aliphatic rings. The second-order valence-electron chi connectivity index (χ2n) is 5.60. The van der Waals surface area contributed by atoms with Crippen molar-refractivity contribution in [3.8, 4) is 0 Å². The van der Waals surface area contributed by atoms with Crippen molar-refractivity contribution in [3.63, 3.8) is 0 Å². The molecule has 0 aliphatic carbocycles. The monoisotopic (exact) mass is 280 g/mol. The Labute approximate surface area is 122 Å². The van der Waals surface area contributed by atoms with Crippen LogP contribution in [0.25, 0.3) is 0 Å². The number of ether oxygens (including phenoxy) is 1. The highest BCUT2D eigenvalue weighted by molar-refractivity contribution is 5.30. The van der Waals surface area contributed by atoms with Gasteiger partial charge in [-0.05, 0) is 24.3 Å². The Balaban J connectivity index is 2.70. The van der Waals surface area contributed by atoms with Crippen LogP contribution in [0.1, 0.15) is 32.8 Å². The number of nitrogens with two attached hydrogens (primary N) is 1. The molecule has 0 aromatic carbocycles. The minimum absolute atomic E-state index is 0.185. The highest BCUT2D eigenvalue weighted by atomic mass is 16.5. The molecule has 1 atom stereocenters. The van der Waals surface area contributed by atoms with Gasteiger partial charge in [0.25, 0.3) is 0 Å². The lowest BCUT2D eigenvalue weighted by molar-refractivity contribution is 0.204. The Bertz CT molecular complexity index is 367. The zero-order chi connectivity index (χ0) is 15.0. The third-order valence-corrected chi connectivity index (χ3v) is 3.15. The summed E-state index contributed by atoms with van der Waals surface area (Å²) in [6.07, 6.45) is 5.57. The van der Waals surface area contributed by atoms with Crippen molar-refractivity contribution in [2.45, 2.75) is 39.7 Å². The SMILES string of the molecule is CCC(N)Cc1cnc(N(CCOC)CC(C)C)nc1. The van der Waals surface area contributed by atoms with Crippen LogP contribution >= 0.6 is 0 Å². The van der Waals surface area contributed by atoms with Gasteiger partial charge in [0.1, 0.15) is 0 Å². The van der Waals surface area contributed by atoms with E-state index < -0.39 is 0 Å². The molecule has 0 fully saturated rings. The third-order valence-electron chi connectivity index (χ3n) is 3.15. The molecule has 1 aromatic rings. The predicted octanol–water partition coefficient (Wildman–Crippen LogP) is 1.87. The van der Waals surface area contributed by atoms with E-state index in [0.29, 0.717) is 12.5 Å². The molecule has 0 saturated heterocycles. The minimum Gasteiger partial charge on any atom is -0.383 e. The van der Waals surface area contributed by atoms with E-state index in [9.17, 15) is 0 Å². The van der Waals surface area contributed by atoms with Crippen molar-refractivity contribution in [2.24, 2.45) is 11.7 Å². The van der Waals surface area contributed by atoms with E-state index in [1.54, 1.807) is 7.11 Å². The van der Waals surface area contributed by atoms with E-state index in [1.807, 2.05) is 12.4 Å². The zero-order valence-corrected chi connectivity index (χ0v) is 13.2. The number of aromatic nitrogens is 2. The quantitative estimate of drug-likeness (QED) is 0.748. The van der Waals surface area contributed by atoms with Crippen molar-refractivity contribution in [3.05, 3.63) is 18.0 Å². The molecular weight excluding hydrogens is 252 g/mol. The lowest BCUT2D eigenvalue weighted by Crippen LogP contribution is -2.32. The van der Waals surface area contributed by atoms with Gasteiger partial charge in [-0.15, -0.1) is 0 Å². The van der Waals surface area contributed by atoms with E-state index in [0.717, 1.165) is 37.4 Å². The lowest BCUT2D eigenvalue weighted by Gasteiger charge is -2.24. The third kappa shape index (κ3) is 5.84. The Morgan fingerprint density at radius 2 is 1.95 bits per heavy atom. The molecule has 0 radical (unpaired) electrons. The van der Waals surface area contributed by atoms with Gasteiger partial charge in [-0.1, -0.05) is 20.8 Å². The number of methoxy groups -OCH3 is 1. The molecule has 5 heteroatoms. The Morgan fingerprint density at radius 3 is 2.45 bits per heavy atom. The zero-order valence-electron chi connectivity index (χ0n) is 13.2. The molecule has 0 bridgehead atoms. The highest BCUT2D eigenvalue weighted by Gasteiger charge is 2.11. The molecule has 1 unspecified atom stereocenters. The fraction of sp³-hybridized carbons (Fsp3) is 0.733. The van der Waals surface area contributed by atoms with E-state index in [1.165, 1.54) is 0 Å². The summed E-state index contributed by atoms with van der Waals surface area (Å²) in [5.41, 5.74) is 7.05. The summed E-state index contributed by atoms with van der Waals surface area (Å²) >= 11 is 0. The van der Waals surface area contributed by atoms with E-state index >= 15 is 0 Å². The fourth-order valence-corrected chi connectivity index (χ4v) is 1.98. The average molecular weight is 280 g/mol. The van der Waals surface area contributed by atoms with Crippen molar-refractivity contribution < 1.29 is 4.74 Å². The molecule has 5 nitrogen and oxygen atoms in total. The lowest BCUT2D eigenvalue weighted by atomic mass is 10.1. The summed E-state index contributed by atoms with van der Waals surface area (Å²) in [5.74, 6) is 1.33. The van der Waals surface area contributed by atoms with Gasteiger partial charge in [0.05, 0.1) is 6.61 Å². The van der Waals surface area contributed by atoms with E-state index in [-0.39, 0.29) is 6.04 Å². The summed E-state index contributed by atoms with van der Waals surface area (Å²) in [6.45, 7) is 8.89. The van der Waals surface area contributed by atoms with E-state index in [2.05, 4.69) is 35.6 Å². The summed E-state index contributed by atoms with van der Waals surface area (Å²) in [6, 6.07) is 0.185. The summed E-state index contributed by atoms with van der Waals surface area (Å²) in [5, 5.41) is 0. The van der Waals surface area contributed by atoms with Gasteiger partial charge in [-0.2, -0.15) is 0 Å². The molecule has 114 valence electrons. The van der Waals surface area contributed by atoms with Crippen molar-refractivity contribution in [2.75, 3.05) is 31.7 Å². The first-order valence-corrected chi connectivity index (χ1v) is 7.37. The van der Waals surface area contributed by atoms with Crippen LogP contribution in [0.5, 0.6) is 0 Å². The smallest absolute Gasteiger partial charge is 0.225 e. The largest absolute Gasteiger partial charge is 0.383 e. The molecule has 20 heavy (non-hydrogen) atoms. The Morgan fingerprint density at radius 1 is 1.30 bits per heavy atom. The van der Waals surface area contributed by atoms with Crippen LogP contribution < -0.4 is 10.6 Å². The second kappa shape index (κ2) is 8.87. The average Bonchev–Trinajstić information content (AvgIpc) is 2.44. The molecule has 1 rings (SSSR count). The van der Waals surface area contributed by atoms with Gasteiger partial charge in [0.2, 0.25) is 5.95 Å². The number of rotatable bonds is 9. The van der Waals surface area contributed by atoms with Gasteiger partial charge in [0.15, 0.2) is 0 Å².